The van der Waals surface area contributed by atoms with Crippen LogP contribution in [0.5, 0.6) is 0 Å². The maximum Gasteiger partial charge on any atom is 0.276 e. The zero-order valence-corrected chi connectivity index (χ0v) is 16.4. The number of piperidine rings is 1. The molecular weight excluding hydrogens is 404 g/mol. The van der Waals surface area contributed by atoms with E-state index in [-0.39, 0.29) is 35.2 Å². The topological polar surface area (TPSA) is 104 Å². The van der Waals surface area contributed by atoms with Crippen LogP contribution in [-0.4, -0.2) is 42.7 Å². The monoisotopic (exact) mass is 422 g/mol. The molecule has 1 aliphatic rings. The first-order chi connectivity index (χ1) is 13.3. The van der Waals surface area contributed by atoms with Gasteiger partial charge in [0.2, 0.25) is 10.0 Å². The number of hydrogen-bond donors (Lipinski definition) is 2. The predicted octanol–water partition coefficient (Wildman–Crippen LogP) is 2.74. The van der Waals surface area contributed by atoms with Gasteiger partial charge >= 0.3 is 0 Å². The van der Waals surface area contributed by atoms with E-state index in [1.165, 1.54) is 34.1 Å². The van der Waals surface area contributed by atoms with Crippen molar-refractivity contribution in [3.8, 4) is 0 Å². The van der Waals surface area contributed by atoms with E-state index in [0.717, 1.165) is 0 Å². The molecule has 2 N–H and O–H groups in total. The van der Waals surface area contributed by atoms with Crippen LogP contribution in [0, 0.1) is 5.92 Å². The SMILES string of the molecule is O=C(NO)c1ccccc1S(=O)(=O)N1CCC(C(=O)c2ccc(Cl)cc2)CC1. The van der Waals surface area contributed by atoms with Gasteiger partial charge in [-0.05, 0) is 49.2 Å². The lowest BCUT2D eigenvalue weighted by molar-refractivity contribution is 0.0702. The van der Waals surface area contributed by atoms with Crippen LogP contribution in [0.25, 0.3) is 0 Å². The third-order valence-electron chi connectivity index (χ3n) is 4.80. The third-order valence-corrected chi connectivity index (χ3v) is 7.01. The number of rotatable bonds is 5. The Morgan fingerprint density at radius 2 is 1.64 bits per heavy atom. The third kappa shape index (κ3) is 4.10. The van der Waals surface area contributed by atoms with Crippen LogP contribution in [0.15, 0.2) is 53.4 Å². The highest BCUT2D eigenvalue weighted by Crippen LogP contribution is 2.28. The highest BCUT2D eigenvalue weighted by atomic mass is 35.5. The Morgan fingerprint density at radius 3 is 2.25 bits per heavy atom. The quantitative estimate of drug-likeness (QED) is 0.438. The van der Waals surface area contributed by atoms with Crippen LogP contribution >= 0.6 is 11.6 Å². The Morgan fingerprint density at radius 1 is 1.04 bits per heavy atom. The average Bonchev–Trinajstić information content (AvgIpc) is 2.73. The summed E-state index contributed by atoms with van der Waals surface area (Å²) in [5, 5.41) is 9.40. The van der Waals surface area contributed by atoms with Crippen LogP contribution in [-0.2, 0) is 10.0 Å². The largest absolute Gasteiger partial charge is 0.294 e. The van der Waals surface area contributed by atoms with Gasteiger partial charge in [0.25, 0.3) is 5.91 Å². The van der Waals surface area contributed by atoms with Crippen LogP contribution in [0.3, 0.4) is 0 Å². The van der Waals surface area contributed by atoms with E-state index < -0.39 is 15.9 Å². The van der Waals surface area contributed by atoms with E-state index in [1.807, 2.05) is 0 Å². The van der Waals surface area contributed by atoms with Gasteiger partial charge < -0.3 is 0 Å². The fraction of sp³-hybridized carbons (Fsp3) is 0.263. The van der Waals surface area contributed by atoms with Crippen LogP contribution < -0.4 is 5.48 Å². The van der Waals surface area contributed by atoms with Crippen molar-refractivity contribution in [1.82, 2.24) is 9.79 Å². The summed E-state index contributed by atoms with van der Waals surface area (Å²) in [5.74, 6) is -1.20. The zero-order chi connectivity index (χ0) is 20.3. The Balaban J connectivity index is 1.75. The van der Waals surface area contributed by atoms with Crippen molar-refractivity contribution in [3.05, 3.63) is 64.7 Å². The molecule has 1 aliphatic heterocycles. The molecule has 0 aromatic heterocycles. The molecule has 28 heavy (non-hydrogen) atoms. The number of nitrogens with one attached hydrogen (secondary N) is 1. The smallest absolute Gasteiger partial charge is 0.276 e. The van der Waals surface area contributed by atoms with Crippen molar-refractivity contribution in [2.45, 2.75) is 17.7 Å². The number of benzene rings is 2. The summed E-state index contributed by atoms with van der Waals surface area (Å²) in [5.41, 5.74) is 1.88. The Kier molecular flexibility index (Phi) is 6.14. The molecule has 0 aliphatic carbocycles. The summed E-state index contributed by atoms with van der Waals surface area (Å²) in [6, 6.07) is 12.3. The molecule has 1 heterocycles. The molecule has 0 radical (unpaired) electrons. The number of amides is 1. The number of hydrogen-bond acceptors (Lipinski definition) is 5. The lowest BCUT2D eigenvalue weighted by Crippen LogP contribution is -2.41. The number of ketones is 1. The van der Waals surface area contributed by atoms with Crippen molar-refractivity contribution in [1.29, 1.82) is 0 Å². The molecule has 2 aromatic carbocycles. The molecule has 0 unspecified atom stereocenters. The number of carbonyl (C=O) groups excluding carboxylic acids is 2. The Hall–Kier alpha value is -2.26. The van der Waals surface area contributed by atoms with Gasteiger partial charge in [0, 0.05) is 29.6 Å². The molecule has 2 aromatic rings. The minimum absolute atomic E-state index is 0.0335. The van der Waals surface area contributed by atoms with Crippen molar-refractivity contribution in [3.63, 3.8) is 0 Å². The number of sulfonamides is 1. The van der Waals surface area contributed by atoms with E-state index in [9.17, 15) is 18.0 Å². The van der Waals surface area contributed by atoms with E-state index >= 15 is 0 Å². The molecule has 7 nitrogen and oxygen atoms in total. The molecule has 1 saturated heterocycles. The van der Waals surface area contributed by atoms with E-state index in [2.05, 4.69) is 0 Å². The number of nitrogens with zero attached hydrogens (tertiary/aromatic N) is 1. The summed E-state index contributed by atoms with van der Waals surface area (Å²) < 4.78 is 27.2. The first-order valence-corrected chi connectivity index (χ1v) is 10.5. The van der Waals surface area contributed by atoms with E-state index in [0.29, 0.717) is 23.4 Å². The average molecular weight is 423 g/mol. The molecule has 1 amide bonds. The number of halogens is 1. The summed E-state index contributed by atoms with van der Waals surface area (Å²) in [6.07, 6.45) is 0.768. The van der Waals surface area contributed by atoms with Crippen molar-refractivity contribution >= 4 is 33.3 Å². The summed E-state index contributed by atoms with van der Waals surface area (Å²) in [4.78, 5) is 24.2. The van der Waals surface area contributed by atoms with Gasteiger partial charge in [-0.3, -0.25) is 14.8 Å². The van der Waals surface area contributed by atoms with Crippen molar-refractivity contribution in [2.24, 2.45) is 5.92 Å². The van der Waals surface area contributed by atoms with Gasteiger partial charge in [-0.1, -0.05) is 23.7 Å². The molecule has 3 rings (SSSR count). The first-order valence-electron chi connectivity index (χ1n) is 8.68. The summed E-state index contributed by atoms with van der Waals surface area (Å²) in [7, 11) is -3.93. The standard InChI is InChI=1S/C19H19ClN2O5S/c20-15-7-5-13(6-8-15)18(23)14-9-11-22(12-10-14)28(26,27)17-4-2-1-3-16(17)19(24)21-25/h1-8,14,25H,9-12H2,(H,21,24). The van der Waals surface area contributed by atoms with Gasteiger partial charge in [0.05, 0.1) is 10.5 Å². The fourth-order valence-electron chi connectivity index (χ4n) is 3.29. The van der Waals surface area contributed by atoms with Crippen LogP contribution in [0.4, 0.5) is 0 Å². The molecule has 9 heteroatoms. The van der Waals surface area contributed by atoms with Gasteiger partial charge in [-0.25, -0.2) is 13.9 Å². The van der Waals surface area contributed by atoms with Crippen LogP contribution in [0.1, 0.15) is 33.6 Å². The Labute approximate surface area is 167 Å². The van der Waals surface area contributed by atoms with Gasteiger partial charge in [0.15, 0.2) is 5.78 Å². The van der Waals surface area contributed by atoms with Crippen LogP contribution in [0.2, 0.25) is 5.02 Å². The number of carbonyl (C=O) groups is 2. The summed E-state index contributed by atoms with van der Waals surface area (Å²) >= 11 is 5.85. The van der Waals surface area contributed by atoms with Gasteiger partial charge in [0.1, 0.15) is 0 Å². The maximum absolute atomic E-state index is 13.0. The lowest BCUT2D eigenvalue weighted by Gasteiger charge is -2.31. The summed E-state index contributed by atoms with van der Waals surface area (Å²) in [6.45, 7) is 0.336. The Bertz CT molecular complexity index is 984. The molecular formula is C19H19ClN2O5S. The lowest BCUT2D eigenvalue weighted by atomic mass is 9.90. The molecule has 0 saturated carbocycles. The second-order valence-corrected chi connectivity index (χ2v) is 8.83. The highest BCUT2D eigenvalue weighted by molar-refractivity contribution is 7.89. The van der Waals surface area contributed by atoms with Gasteiger partial charge in [-0.15, -0.1) is 0 Å². The molecule has 0 atom stereocenters. The number of Topliss-reactive ketones (excluding diaryl/α,β-unsaturated/α-hetero) is 1. The van der Waals surface area contributed by atoms with Gasteiger partial charge in [-0.2, -0.15) is 4.31 Å². The predicted molar refractivity (Wildman–Crippen MR) is 103 cm³/mol. The van der Waals surface area contributed by atoms with Crippen molar-refractivity contribution < 1.29 is 23.2 Å². The second-order valence-electron chi connectivity index (χ2n) is 6.49. The first kappa shape index (κ1) is 20.5. The zero-order valence-electron chi connectivity index (χ0n) is 14.8. The number of hydroxylamine groups is 1. The van der Waals surface area contributed by atoms with E-state index in [4.69, 9.17) is 16.8 Å². The molecule has 148 valence electrons. The van der Waals surface area contributed by atoms with E-state index in [1.54, 1.807) is 24.3 Å². The minimum atomic E-state index is -3.93. The fourth-order valence-corrected chi connectivity index (χ4v) is 5.07. The molecule has 0 spiro atoms. The highest BCUT2D eigenvalue weighted by Gasteiger charge is 2.34. The molecule has 0 bridgehead atoms. The maximum atomic E-state index is 13.0. The normalized spacial score (nSPS) is 15.9. The molecule has 1 fully saturated rings. The second kappa shape index (κ2) is 8.40. The minimum Gasteiger partial charge on any atom is -0.294 e. The van der Waals surface area contributed by atoms with Crippen molar-refractivity contribution in [2.75, 3.05) is 13.1 Å².